The Morgan fingerprint density at radius 2 is 1.73 bits per heavy atom. The molecule has 0 unspecified atom stereocenters. The summed E-state index contributed by atoms with van der Waals surface area (Å²) in [7, 11) is -4.02. The van der Waals surface area contributed by atoms with E-state index in [9.17, 15) is 17.6 Å². The Balaban J connectivity index is 1.80. The molecule has 0 aliphatic carbocycles. The SMILES string of the molecule is Cc1ccc(S(=O)(=O)N(CC(=O)N/N=C\c2cccc(Cl)c2Cl)Cc2ccc(F)cc2)cc1. The second-order valence-electron chi connectivity index (χ2n) is 7.15. The highest BCUT2D eigenvalue weighted by Gasteiger charge is 2.27. The van der Waals surface area contributed by atoms with E-state index in [-0.39, 0.29) is 16.5 Å². The summed E-state index contributed by atoms with van der Waals surface area (Å²) < 4.78 is 40.7. The van der Waals surface area contributed by atoms with Gasteiger partial charge in [0.25, 0.3) is 5.91 Å². The molecule has 0 heterocycles. The van der Waals surface area contributed by atoms with Crippen molar-refractivity contribution in [3.63, 3.8) is 0 Å². The molecule has 10 heteroatoms. The Kier molecular flexibility index (Phi) is 8.20. The van der Waals surface area contributed by atoms with Gasteiger partial charge in [0.2, 0.25) is 10.0 Å². The predicted molar refractivity (Wildman–Crippen MR) is 127 cm³/mol. The maximum atomic E-state index is 13.3. The quantitative estimate of drug-likeness (QED) is 0.351. The molecule has 0 aliphatic heterocycles. The second kappa shape index (κ2) is 10.9. The highest BCUT2D eigenvalue weighted by molar-refractivity contribution is 7.89. The van der Waals surface area contributed by atoms with Crippen LogP contribution in [0.5, 0.6) is 0 Å². The number of carbonyl (C=O) groups excluding carboxylic acids is 1. The smallest absolute Gasteiger partial charge is 0.255 e. The highest BCUT2D eigenvalue weighted by atomic mass is 35.5. The van der Waals surface area contributed by atoms with Crippen LogP contribution >= 0.6 is 23.2 Å². The number of hydrogen-bond donors (Lipinski definition) is 1. The van der Waals surface area contributed by atoms with Crippen LogP contribution in [0.25, 0.3) is 0 Å². The molecule has 0 aliphatic rings. The van der Waals surface area contributed by atoms with Gasteiger partial charge in [0.1, 0.15) is 5.82 Å². The second-order valence-corrected chi connectivity index (χ2v) is 9.87. The van der Waals surface area contributed by atoms with Crippen molar-refractivity contribution in [1.82, 2.24) is 9.73 Å². The molecule has 0 bridgehead atoms. The summed E-state index contributed by atoms with van der Waals surface area (Å²) in [6, 6.07) is 16.6. The van der Waals surface area contributed by atoms with E-state index in [4.69, 9.17) is 23.2 Å². The van der Waals surface area contributed by atoms with Crippen LogP contribution < -0.4 is 5.43 Å². The fourth-order valence-corrected chi connectivity index (χ4v) is 4.61. The average Bonchev–Trinajstić information content (AvgIpc) is 2.78. The number of hydrazone groups is 1. The lowest BCUT2D eigenvalue weighted by Crippen LogP contribution is -2.39. The molecule has 0 atom stereocenters. The molecule has 1 amide bonds. The molecule has 172 valence electrons. The zero-order valence-electron chi connectivity index (χ0n) is 17.5. The number of sulfonamides is 1. The predicted octanol–water partition coefficient (Wildman–Crippen LogP) is 4.78. The monoisotopic (exact) mass is 507 g/mol. The summed E-state index contributed by atoms with van der Waals surface area (Å²) in [6.45, 7) is 1.20. The maximum absolute atomic E-state index is 13.3. The first-order valence-corrected chi connectivity index (χ1v) is 11.9. The van der Waals surface area contributed by atoms with Gasteiger partial charge in [-0.2, -0.15) is 9.41 Å². The molecule has 0 saturated heterocycles. The van der Waals surface area contributed by atoms with Crippen LogP contribution in [0.4, 0.5) is 4.39 Å². The number of nitrogens with zero attached hydrogens (tertiary/aromatic N) is 2. The number of rotatable bonds is 8. The zero-order chi connectivity index (χ0) is 24.0. The molecule has 3 rings (SSSR count). The Hall–Kier alpha value is -2.78. The highest BCUT2D eigenvalue weighted by Crippen LogP contribution is 2.24. The zero-order valence-corrected chi connectivity index (χ0v) is 19.8. The van der Waals surface area contributed by atoms with E-state index < -0.39 is 28.3 Å². The van der Waals surface area contributed by atoms with Gasteiger partial charge in [0, 0.05) is 12.1 Å². The summed E-state index contributed by atoms with van der Waals surface area (Å²) in [6.07, 6.45) is 1.31. The largest absolute Gasteiger partial charge is 0.272 e. The van der Waals surface area contributed by atoms with Gasteiger partial charge in [-0.15, -0.1) is 0 Å². The summed E-state index contributed by atoms with van der Waals surface area (Å²) >= 11 is 12.0. The lowest BCUT2D eigenvalue weighted by atomic mass is 10.2. The molecule has 0 aromatic heterocycles. The normalized spacial score (nSPS) is 11.8. The summed E-state index contributed by atoms with van der Waals surface area (Å²) in [4.78, 5) is 12.6. The van der Waals surface area contributed by atoms with Crippen molar-refractivity contribution in [2.75, 3.05) is 6.54 Å². The molecule has 6 nitrogen and oxygen atoms in total. The molecule has 0 fully saturated rings. The van der Waals surface area contributed by atoms with E-state index >= 15 is 0 Å². The summed E-state index contributed by atoms with van der Waals surface area (Å²) in [5.41, 5.74) is 4.20. The average molecular weight is 508 g/mol. The van der Waals surface area contributed by atoms with Gasteiger partial charge < -0.3 is 0 Å². The first kappa shape index (κ1) is 24.9. The third-order valence-electron chi connectivity index (χ3n) is 4.63. The molecule has 0 radical (unpaired) electrons. The first-order chi connectivity index (χ1) is 15.7. The first-order valence-electron chi connectivity index (χ1n) is 9.74. The summed E-state index contributed by atoms with van der Waals surface area (Å²) in [5.74, 6) is -1.11. The van der Waals surface area contributed by atoms with E-state index in [0.29, 0.717) is 16.1 Å². The molecule has 0 spiro atoms. The Labute approximate surface area is 201 Å². The van der Waals surface area contributed by atoms with Gasteiger partial charge >= 0.3 is 0 Å². The van der Waals surface area contributed by atoms with Crippen molar-refractivity contribution < 1.29 is 17.6 Å². The molecule has 33 heavy (non-hydrogen) atoms. The molecular formula is C23H20Cl2FN3O3S. The minimum Gasteiger partial charge on any atom is -0.272 e. The molecule has 3 aromatic rings. The Morgan fingerprint density at radius 3 is 2.39 bits per heavy atom. The lowest BCUT2D eigenvalue weighted by Gasteiger charge is -2.21. The third-order valence-corrected chi connectivity index (χ3v) is 7.26. The van der Waals surface area contributed by atoms with Gasteiger partial charge in [-0.3, -0.25) is 4.79 Å². The van der Waals surface area contributed by atoms with Crippen LogP contribution in [-0.4, -0.2) is 31.4 Å². The minimum absolute atomic E-state index is 0.0391. The van der Waals surface area contributed by atoms with Crippen LogP contribution in [0.15, 0.2) is 76.7 Å². The van der Waals surface area contributed by atoms with Crippen LogP contribution in [0, 0.1) is 12.7 Å². The topological polar surface area (TPSA) is 78.8 Å². The number of aryl methyl sites for hydroxylation is 1. The number of hydrogen-bond acceptors (Lipinski definition) is 4. The number of carbonyl (C=O) groups is 1. The molecule has 1 N–H and O–H groups in total. The van der Waals surface area contributed by atoms with Crippen LogP contribution in [0.3, 0.4) is 0 Å². The van der Waals surface area contributed by atoms with Gasteiger partial charge in [-0.05, 0) is 42.8 Å². The molecular weight excluding hydrogens is 488 g/mol. The number of benzene rings is 3. The molecule has 3 aromatic carbocycles. The van der Waals surface area contributed by atoms with Crippen LogP contribution in [0.2, 0.25) is 10.0 Å². The standard InChI is InChI=1S/C23H20Cl2FN3O3S/c1-16-5-11-20(12-6-16)33(31,32)29(14-17-7-9-19(26)10-8-17)15-22(30)28-27-13-18-3-2-4-21(24)23(18)25/h2-13H,14-15H2,1H3,(H,28,30)/b27-13-. The van der Waals surface area contributed by atoms with Crippen molar-refractivity contribution in [3.8, 4) is 0 Å². The van der Waals surface area contributed by atoms with Gasteiger partial charge in [-0.25, -0.2) is 18.2 Å². The van der Waals surface area contributed by atoms with E-state index in [1.54, 1.807) is 30.3 Å². The maximum Gasteiger partial charge on any atom is 0.255 e. The van der Waals surface area contributed by atoms with Crippen LogP contribution in [-0.2, 0) is 21.4 Å². The van der Waals surface area contributed by atoms with E-state index in [1.165, 1.54) is 42.6 Å². The number of amides is 1. The Morgan fingerprint density at radius 1 is 1.06 bits per heavy atom. The number of nitrogens with one attached hydrogen (secondary N) is 1. The van der Waals surface area contributed by atoms with Crippen molar-refractivity contribution in [3.05, 3.63) is 99.3 Å². The fraction of sp³-hybridized carbons (Fsp3) is 0.130. The van der Waals surface area contributed by atoms with Crippen molar-refractivity contribution in [2.45, 2.75) is 18.4 Å². The van der Waals surface area contributed by atoms with Crippen molar-refractivity contribution >= 4 is 45.3 Å². The van der Waals surface area contributed by atoms with E-state index in [1.807, 2.05) is 6.92 Å². The molecule has 0 saturated carbocycles. The van der Waals surface area contributed by atoms with Crippen LogP contribution in [0.1, 0.15) is 16.7 Å². The third kappa shape index (κ3) is 6.61. The van der Waals surface area contributed by atoms with E-state index in [0.717, 1.165) is 9.87 Å². The lowest BCUT2D eigenvalue weighted by molar-refractivity contribution is -0.121. The van der Waals surface area contributed by atoms with Crippen molar-refractivity contribution in [1.29, 1.82) is 0 Å². The number of halogens is 3. The van der Waals surface area contributed by atoms with Gasteiger partial charge in [0.05, 0.1) is 27.7 Å². The fourth-order valence-electron chi connectivity index (χ4n) is 2.87. The van der Waals surface area contributed by atoms with Gasteiger partial charge in [0.15, 0.2) is 0 Å². The van der Waals surface area contributed by atoms with Crippen molar-refractivity contribution in [2.24, 2.45) is 5.10 Å². The van der Waals surface area contributed by atoms with E-state index in [2.05, 4.69) is 10.5 Å². The summed E-state index contributed by atoms with van der Waals surface area (Å²) in [5, 5.41) is 4.45. The Bertz CT molecular complexity index is 1270. The van der Waals surface area contributed by atoms with Gasteiger partial charge in [-0.1, -0.05) is 65.2 Å². The minimum atomic E-state index is -4.02.